The SMILES string of the molecule is CCN1CCN(Cc2ccc(O)c(Cl)c2)CC1. The molecule has 0 atom stereocenters. The molecule has 94 valence electrons. The van der Waals surface area contributed by atoms with Crippen molar-refractivity contribution in [2.75, 3.05) is 32.7 Å². The summed E-state index contributed by atoms with van der Waals surface area (Å²) in [4.78, 5) is 4.88. The van der Waals surface area contributed by atoms with Crippen LogP contribution in [0.3, 0.4) is 0 Å². The van der Waals surface area contributed by atoms with Crippen molar-refractivity contribution >= 4 is 11.6 Å². The van der Waals surface area contributed by atoms with Gasteiger partial charge in [0.2, 0.25) is 0 Å². The van der Waals surface area contributed by atoms with Gasteiger partial charge in [0, 0.05) is 32.7 Å². The van der Waals surface area contributed by atoms with Crippen molar-refractivity contribution in [3.05, 3.63) is 28.8 Å². The Kier molecular flexibility index (Phi) is 4.26. The molecule has 1 aromatic rings. The summed E-state index contributed by atoms with van der Waals surface area (Å²) in [6.07, 6.45) is 0. The minimum atomic E-state index is 0.159. The molecule has 0 aliphatic carbocycles. The van der Waals surface area contributed by atoms with Gasteiger partial charge in [-0.1, -0.05) is 24.6 Å². The average Bonchev–Trinajstić information content (AvgIpc) is 2.35. The number of aromatic hydroxyl groups is 1. The van der Waals surface area contributed by atoms with Crippen LogP contribution in [0, 0.1) is 0 Å². The number of phenols is 1. The summed E-state index contributed by atoms with van der Waals surface area (Å²) in [7, 11) is 0. The predicted molar refractivity (Wildman–Crippen MR) is 70.5 cm³/mol. The zero-order valence-corrected chi connectivity index (χ0v) is 11.0. The number of nitrogens with zero attached hydrogens (tertiary/aromatic N) is 2. The van der Waals surface area contributed by atoms with Crippen LogP contribution >= 0.6 is 11.6 Å². The van der Waals surface area contributed by atoms with Crippen molar-refractivity contribution in [1.82, 2.24) is 9.80 Å². The normalized spacial score (nSPS) is 18.5. The van der Waals surface area contributed by atoms with Gasteiger partial charge >= 0.3 is 0 Å². The fourth-order valence-electron chi connectivity index (χ4n) is 2.17. The third-order valence-corrected chi connectivity index (χ3v) is 3.63. The Balaban J connectivity index is 1.91. The van der Waals surface area contributed by atoms with Crippen molar-refractivity contribution in [2.24, 2.45) is 0 Å². The highest BCUT2D eigenvalue weighted by atomic mass is 35.5. The maximum atomic E-state index is 9.36. The van der Waals surface area contributed by atoms with Crippen molar-refractivity contribution in [2.45, 2.75) is 13.5 Å². The molecule has 0 bridgehead atoms. The van der Waals surface area contributed by atoms with Gasteiger partial charge in [-0.3, -0.25) is 4.90 Å². The molecular formula is C13H19ClN2O. The standard InChI is InChI=1S/C13H19ClN2O/c1-2-15-5-7-16(8-6-15)10-11-3-4-13(17)12(14)9-11/h3-4,9,17H,2,5-8,10H2,1H3. The maximum Gasteiger partial charge on any atom is 0.134 e. The lowest BCUT2D eigenvalue weighted by atomic mass is 10.2. The smallest absolute Gasteiger partial charge is 0.134 e. The summed E-state index contributed by atoms with van der Waals surface area (Å²) < 4.78 is 0. The highest BCUT2D eigenvalue weighted by molar-refractivity contribution is 6.32. The van der Waals surface area contributed by atoms with Gasteiger partial charge < -0.3 is 10.0 Å². The number of hydrogen-bond acceptors (Lipinski definition) is 3. The molecule has 3 nitrogen and oxygen atoms in total. The van der Waals surface area contributed by atoms with Gasteiger partial charge in [0.1, 0.15) is 5.75 Å². The molecule has 1 fully saturated rings. The van der Waals surface area contributed by atoms with E-state index in [2.05, 4.69) is 16.7 Å². The van der Waals surface area contributed by atoms with Crippen LogP contribution in [0.5, 0.6) is 5.75 Å². The second-order valence-corrected chi connectivity index (χ2v) is 4.90. The summed E-state index contributed by atoms with van der Waals surface area (Å²) in [6.45, 7) is 8.75. The average molecular weight is 255 g/mol. The third kappa shape index (κ3) is 3.35. The van der Waals surface area contributed by atoms with E-state index in [1.807, 2.05) is 12.1 Å². The molecule has 0 amide bonds. The Morgan fingerprint density at radius 2 is 1.82 bits per heavy atom. The van der Waals surface area contributed by atoms with Crippen molar-refractivity contribution in [1.29, 1.82) is 0 Å². The zero-order chi connectivity index (χ0) is 12.3. The predicted octanol–water partition coefficient (Wildman–Crippen LogP) is 2.18. The summed E-state index contributed by atoms with van der Waals surface area (Å²) >= 11 is 5.90. The molecular weight excluding hydrogens is 236 g/mol. The number of rotatable bonds is 3. The lowest BCUT2D eigenvalue weighted by Gasteiger charge is -2.34. The summed E-state index contributed by atoms with van der Waals surface area (Å²) in [5.41, 5.74) is 1.16. The van der Waals surface area contributed by atoms with Crippen molar-refractivity contribution in [3.8, 4) is 5.75 Å². The molecule has 0 spiro atoms. The Morgan fingerprint density at radius 3 is 2.41 bits per heavy atom. The molecule has 1 aliphatic heterocycles. The lowest BCUT2D eigenvalue weighted by molar-refractivity contribution is 0.132. The van der Waals surface area contributed by atoms with E-state index in [-0.39, 0.29) is 5.75 Å². The van der Waals surface area contributed by atoms with Crippen LogP contribution < -0.4 is 0 Å². The molecule has 1 aliphatic rings. The van der Waals surface area contributed by atoms with Gasteiger partial charge in [-0.25, -0.2) is 0 Å². The van der Waals surface area contributed by atoms with Gasteiger partial charge in [0.15, 0.2) is 0 Å². The Labute approximate surface area is 108 Å². The van der Waals surface area contributed by atoms with E-state index < -0.39 is 0 Å². The highest BCUT2D eigenvalue weighted by Gasteiger charge is 2.15. The Morgan fingerprint density at radius 1 is 1.18 bits per heavy atom. The third-order valence-electron chi connectivity index (χ3n) is 3.33. The first-order chi connectivity index (χ1) is 8.19. The molecule has 2 rings (SSSR count). The van der Waals surface area contributed by atoms with Crippen LogP contribution in [0.15, 0.2) is 18.2 Å². The summed E-state index contributed by atoms with van der Waals surface area (Å²) in [5.74, 6) is 0.159. The molecule has 1 heterocycles. The number of halogens is 1. The van der Waals surface area contributed by atoms with Crippen LogP contribution in [0.2, 0.25) is 5.02 Å². The van der Waals surface area contributed by atoms with Crippen molar-refractivity contribution < 1.29 is 5.11 Å². The minimum absolute atomic E-state index is 0.159. The first-order valence-corrected chi connectivity index (χ1v) is 6.49. The van der Waals surface area contributed by atoms with Gasteiger partial charge in [-0.15, -0.1) is 0 Å². The highest BCUT2D eigenvalue weighted by Crippen LogP contribution is 2.24. The molecule has 4 heteroatoms. The first kappa shape index (κ1) is 12.7. The molecule has 0 saturated carbocycles. The molecule has 0 radical (unpaired) electrons. The minimum Gasteiger partial charge on any atom is -0.506 e. The number of piperazine rings is 1. The first-order valence-electron chi connectivity index (χ1n) is 6.11. The van der Waals surface area contributed by atoms with E-state index >= 15 is 0 Å². The molecule has 0 aromatic heterocycles. The number of phenolic OH excluding ortho intramolecular Hbond substituents is 1. The molecule has 17 heavy (non-hydrogen) atoms. The van der Waals surface area contributed by atoms with E-state index in [0.29, 0.717) is 5.02 Å². The monoisotopic (exact) mass is 254 g/mol. The van der Waals surface area contributed by atoms with E-state index in [1.54, 1.807) is 6.07 Å². The molecule has 0 unspecified atom stereocenters. The van der Waals surface area contributed by atoms with Gasteiger partial charge in [-0.05, 0) is 24.2 Å². The van der Waals surface area contributed by atoms with Crippen LogP contribution in [-0.2, 0) is 6.54 Å². The zero-order valence-electron chi connectivity index (χ0n) is 10.2. The van der Waals surface area contributed by atoms with E-state index in [9.17, 15) is 5.11 Å². The topological polar surface area (TPSA) is 26.7 Å². The van der Waals surface area contributed by atoms with Crippen LogP contribution in [0.25, 0.3) is 0 Å². The molecule has 1 aromatic carbocycles. The van der Waals surface area contributed by atoms with Crippen molar-refractivity contribution in [3.63, 3.8) is 0 Å². The second kappa shape index (κ2) is 5.71. The van der Waals surface area contributed by atoms with E-state index in [0.717, 1.165) is 44.8 Å². The molecule has 1 saturated heterocycles. The largest absolute Gasteiger partial charge is 0.506 e. The van der Waals surface area contributed by atoms with Crippen LogP contribution in [0.1, 0.15) is 12.5 Å². The summed E-state index contributed by atoms with van der Waals surface area (Å²) in [6, 6.07) is 5.45. The van der Waals surface area contributed by atoms with Crippen LogP contribution in [-0.4, -0.2) is 47.6 Å². The second-order valence-electron chi connectivity index (χ2n) is 4.50. The summed E-state index contributed by atoms with van der Waals surface area (Å²) in [5, 5.41) is 9.80. The quantitative estimate of drug-likeness (QED) is 0.896. The fraction of sp³-hybridized carbons (Fsp3) is 0.538. The van der Waals surface area contributed by atoms with E-state index in [4.69, 9.17) is 11.6 Å². The van der Waals surface area contributed by atoms with E-state index in [1.165, 1.54) is 0 Å². The Hall–Kier alpha value is -0.770. The van der Waals surface area contributed by atoms with Gasteiger partial charge in [-0.2, -0.15) is 0 Å². The molecule has 1 N–H and O–H groups in total. The number of likely N-dealkylation sites (N-methyl/N-ethyl adjacent to an activating group) is 1. The lowest BCUT2D eigenvalue weighted by Crippen LogP contribution is -2.45. The fourth-order valence-corrected chi connectivity index (χ4v) is 2.37. The number of hydrogen-bond donors (Lipinski definition) is 1. The Bertz CT molecular complexity index is 376. The van der Waals surface area contributed by atoms with Gasteiger partial charge in [0.05, 0.1) is 5.02 Å². The maximum absolute atomic E-state index is 9.36. The van der Waals surface area contributed by atoms with Crippen LogP contribution in [0.4, 0.5) is 0 Å². The number of benzene rings is 1. The van der Waals surface area contributed by atoms with Gasteiger partial charge in [0.25, 0.3) is 0 Å².